The number of amides is 3. The van der Waals surface area contributed by atoms with E-state index in [1.807, 2.05) is 26.0 Å². The van der Waals surface area contributed by atoms with Crippen LogP contribution in [-0.2, 0) is 14.3 Å². The van der Waals surface area contributed by atoms with Crippen LogP contribution in [0.15, 0.2) is 18.2 Å². The van der Waals surface area contributed by atoms with Crippen molar-refractivity contribution < 1.29 is 24.2 Å². The number of unbranched alkanes of at least 4 members (excludes halogenated alkanes) is 2. The van der Waals surface area contributed by atoms with E-state index in [9.17, 15) is 19.5 Å². The van der Waals surface area contributed by atoms with E-state index >= 15 is 0 Å². The average Bonchev–Trinajstić information content (AvgIpc) is 2.73. The summed E-state index contributed by atoms with van der Waals surface area (Å²) in [6.07, 6.45) is 7.57. The van der Waals surface area contributed by atoms with Crippen molar-refractivity contribution in [3.8, 4) is 12.5 Å². The third kappa shape index (κ3) is 8.78. The predicted molar refractivity (Wildman–Crippen MR) is 127 cm³/mol. The maximum Gasteiger partial charge on any atom is 0.408 e. The molecule has 0 saturated carbocycles. The maximum absolute atomic E-state index is 13.3. The highest BCUT2D eigenvalue weighted by Gasteiger charge is 2.36. The van der Waals surface area contributed by atoms with Crippen LogP contribution in [0.3, 0.4) is 0 Å². The fourth-order valence-electron chi connectivity index (χ4n) is 3.20. The monoisotopic (exact) mass is 459 g/mol. The Morgan fingerprint density at radius 1 is 1.21 bits per heavy atom. The molecule has 1 aromatic carbocycles. The van der Waals surface area contributed by atoms with Crippen molar-refractivity contribution in [1.82, 2.24) is 15.5 Å². The van der Waals surface area contributed by atoms with E-state index in [1.54, 1.807) is 26.8 Å². The SMILES string of the molecule is C#CN(C(=O)C(CO)NC(=O)OC(C)(C)C)C(C(=O)NCCCCC)c1cc(C)ccc1C. The summed E-state index contributed by atoms with van der Waals surface area (Å²) in [4.78, 5) is 39.6. The molecular weight excluding hydrogens is 422 g/mol. The fourth-order valence-corrected chi connectivity index (χ4v) is 3.20. The van der Waals surface area contributed by atoms with Gasteiger partial charge >= 0.3 is 6.09 Å². The van der Waals surface area contributed by atoms with Gasteiger partial charge in [-0.1, -0.05) is 50.0 Å². The highest BCUT2D eigenvalue weighted by molar-refractivity contribution is 5.93. The Balaban J connectivity index is 3.27. The Kier molecular flexibility index (Phi) is 10.9. The minimum atomic E-state index is -1.38. The molecule has 8 heteroatoms. The van der Waals surface area contributed by atoms with Gasteiger partial charge in [0.1, 0.15) is 17.7 Å². The summed E-state index contributed by atoms with van der Waals surface area (Å²) >= 11 is 0. The smallest absolute Gasteiger partial charge is 0.408 e. The standard InChI is InChI=1S/C25H37N3O5/c1-8-10-11-14-26-22(30)21(19-15-17(3)12-13-18(19)4)28(9-2)23(31)20(16-29)27-24(32)33-25(5,6)7/h2,12-13,15,20-21,29H,8,10-11,14,16H2,1,3-7H3,(H,26,30)(H,27,32). The van der Waals surface area contributed by atoms with Crippen molar-refractivity contribution in [2.45, 2.75) is 78.5 Å². The lowest BCUT2D eigenvalue weighted by atomic mass is 9.96. The molecule has 1 rings (SSSR count). The average molecular weight is 460 g/mol. The van der Waals surface area contributed by atoms with Gasteiger partial charge in [0.15, 0.2) is 0 Å². The number of hydrogen-bond acceptors (Lipinski definition) is 5. The Bertz CT molecular complexity index is 870. The zero-order chi connectivity index (χ0) is 25.2. The minimum absolute atomic E-state index is 0.430. The molecule has 0 radical (unpaired) electrons. The van der Waals surface area contributed by atoms with Gasteiger partial charge in [0, 0.05) is 12.6 Å². The maximum atomic E-state index is 13.3. The summed E-state index contributed by atoms with van der Waals surface area (Å²) in [6.45, 7) is 10.5. The molecule has 33 heavy (non-hydrogen) atoms. The van der Waals surface area contributed by atoms with E-state index in [0.717, 1.165) is 35.3 Å². The number of aryl methyl sites for hydroxylation is 2. The first-order chi connectivity index (χ1) is 15.4. The zero-order valence-electron chi connectivity index (χ0n) is 20.5. The number of rotatable bonds is 10. The minimum Gasteiger partial charge on any atom is -0.444 e. The molecule has 8 nitrogen and oxygen atoms in total. The van der Waals surface area contributed by atoms with Crippen LogP contribution in [0.4, 0.5) is 4.79 Å². The quantitative estimate of drug-likeness (QED) is 0.283. The molecule has 3 N–H and O–H groups in total. The normalized spacial score (nSPS) is 12.8. The van der Waals surface area contributed by atoms with Gasteiger partial charge in [0.05, 0.1) is 6.61 Å². The van der Waals surface area contributed by atoms with E-state index in [2.05, 4.69) is 23.6 Å². The van der Waals surface area contributed by atoms with E-state index in [1.165, 1.54) is 0 Å². The van der Waals surface area contributed by atoms with Crippen LogP contribution in [0, 0.1) is 26.3 Å². The van der Waals surface area contributed by atoms with E-state index in [-0.39, 0.29) is 0 Å². The number of alkyl carbamates (subject to hydrolysis) is 1. The number of benzene rings is 1. The molecule has 0 aliphatic heterocycles. The molecule has 0 saturated heterocycles. The number of aliphatic hydroxyl groups is 1. The van der Waals surface area contributed by atoms with E-state index in [0.29, 0.717) is 12.1 Å². The summed E-state index contributed by atoms with van der Waals surface area (Å²) in [5.41, 5.74) is 1.46. The molecular formula is C25H37N3O5. The van der Waals surface area contributed by atoms with Crippen molar-refractivity contribution in [2.24, 2.45) is 0 Å². The number of hydrogen-bond donors (Lipinski definition) is 3. The second-order valence-corrected chi connectivity index (χ2v) is 8.98. The fraction of sp³-hybridized carbons (Fsp3) is 0.560. The van der Waals surface area contributed by atoms with Gasteiger partial charge in [-0.15, -0.1) is 0 Å². The second-order valence-electron chi connectivity index (χ2n) is 8.98. The highest BCUT2D eigenvalue weighted by atomic mass is 16.6. The summed E-state index contributed by atoms with van der Waals surface area (Å²) in [5, 5.41) is 15.0. The Morgan fingerprint density at radius 3 is 2.42 bits per heavy atom. The van der Waals surface area contributed by atoms with Crippen molar-refractivity contribution in [1.29, 1.82) is 0 Å². The van der Waals surface area contributed by atoms with Crippen LogP contribution < -0.4 is 10.6 Å². The number of terminal acetylenes is 1. The Hall–Kier alpha value is -3.05. The lowest BCUT2D eigenvalue weighted by Crippen LogP contribution is -2.53. The highest BCUT2D eigenvalue weighted by Crippen LogP contribution is 2.26. The largest absolute Gasteiger partial charge is 0.444 e. The summed E-state index contributed by atoms with van der Waals surface area (Å²) in [5.74, 6) is -1.22. The number of carbonyl (C=O) groups excluding carboxylic acids is 3. The molecule has 0 aliphatic carbocycles. The first-order valence-corrected chi connectivity index (χ1v) is 11.2. The van der Waals surface area contributed by atoms with Crippen LogP contribution in [0.1, 0.15) is 69.7 Å². The molecule has 2 unspecified atom stereocenters. The van der Waals surface area contributed by atoms with Crippen LogP contribution in [-0.4, -0.2) is 52.7 Å². The molecule has 0 heterocycles. The Morgan fingerprint density at radius 2 is 1.88 bits per heavy atom. The van der Waals surface area contributed by atoms with Crippen molar-refractivity contribution >= 4 is 17.9 Å². The molecule has 182 valence electrons. The van der Waals surface area contributed by atoms with Crippen molar-refractivity contribution in [2.75, 3.05) is 13.2 Å². The van der Waals surface area contributed by atoms with E-state index < -0.39 is 42.2 Å². The first kappa shape index (κ1) is 28.0. The van der Waals surface area contributed by atoms with Crippen molar-refractivity contribution in [3.63, 3.8) is 0 Å². The van der Waals surface area contributed by atoms with Crippen LogP contribution >= 0.6 is 0 Å². The molecule has 0 aliphatic rings. The zero-order valence-corrected chi connectivity index (χ0v) is 20.5. The third-order valence-electron chi connectivity index (χ3n) is 4.86. The molecule has 2 atom stereocenters. The summed E-state index contributed by atoms with van der Waals surface area (Å²) in [6, 6.07) is 5.34. The van der Waals surface area contributed by atoms with Gasteiger partial charge < -0.3 is 20.5 Å². The Labute approximate surface area is 197 Å². The molecule has 3 amide bonds. The molecule has 1 aromatic rings. The molecule has 0 fully saturated rings. The lowest BCUT2D eigenvalue weighted by molar-refractivity contribution is -0.139. The van der Waals surface area contributed by atoms with Gasteiger partial charge in [-0.3, -0.25) is 14.5 Å². The number of aliphatic hydroxyl groups excluding tert-OH is 1. The van der Waals surface area contributed by atoms with Gasteiger partial charge in [0.25, 0.3) is 5.91 Å². The van der Waals surface area contributed by atoms with Crippen molar-refractivity contribution in [3.05, 3.63) is 34.9 Å². The van der Waals surface area contributed by atoms with Gasteiger partial charge in [-0.2, -0.15) is 0 Å². The third-order valence-corrected chi connectivity index (χ3v) is 4.86. The lowest BCUT2D eigenvalue weighted by Gasteiger charge is -2.30. The van der Waals surface area contributed by atoms with Crippen LogP contribution in [0.2, 0.25) is 0 Å². The predicted octanol–water partition coefficient (Wildman–Crippen LogP) is 2.96. The topological polar surface area (TPSA) is 108 Å². The summed E-state index contributed by atoms with van der Waals surface area (Å²) in [7, 11) is 0. The number of ether oxygens (including phenoxy) is 1. The number of nitrogens with one attached hydrogen (secondary N) is 2. The van der Waals surface area contributed by atoms with Gasteiger partial charge in [0.2, 0.25) is 5.91 Å². The first-order valence-electron chi connectivity index (χ1n) is 11.2. The molecule has 0 aromatic heterocycles. The second kappa shape index (κ2) is 12.9. The molecule has 0 spiro atoms. The number of nitrogens with zero attached hydrogens (tertiary/aromatic N) is 1. The summed E-state index contributed by atoms with van der Waals surface area (Å²) < 4.78 is 5.17. The number of carbonyl (C=O) groups is 3. The van der Waals surface area contributed by atoms with Gasteiger partial charge in [-0.05, 0) is 52.2 Å². The molecule has 0 bridgehead atoms. The van der Waals surface area contributed by atoms with E-state index in [4.69, 9.17) is 11.2 Å². The van der Waals surface area contributed by atoms with Crippen LogP contribution in [0.5, 0.6) is 0 Å². The van der Waals surface area contributed by atoms with Gasteiger partial charge in [-0.25, -0.2) is 4.79 Å². The van der Waals surface area contributed by atoms with Crippen LogP contribution in [0.25, 0.3) is 0 Å².